The van der Waals surface area contributed by atoms with Gasteiger partial charge in [0.05, 0.1) is 55.3 Å². The number of hydroxylamine groups is 1. The first kappa shape index (κ1) is 59.7. The zero-order valence-electron chi connectivity index (χ0n) is 43.8. The molecule has 1 saturated heterocycles. The Morgan fingerprint density at radius 3 is 1.46 bits per heavy atom. The van der Waals surface area contributed by atoms with Crippen LogP contribution >= 0.6 is 0 Å². The van der Waals surface area contributed by atoms with E-state index in [1.54, 1.807) is 87.5 Å². The molecule has 0 spiro atoms. The summed E-state index contributed by atoms with van der Waals surface area (Å²) in [6.07, 6.45) is -1.39. The summed E-state index contributed by atoms with van der Waals surface area (Å²) in [5, 5.41) is 16.9. The number of hydrogen-bond acceptors (Lipinski definition) is 14. The van der Waals surface area contributed by atoms with E-state index in [2.05, 4.69) is 15.5 Å². The number of amides is 2. The highest BCUT2D eigenvalue weighted by Gasteiger charge is 2.36. The molecule has 408 valence electrons. The first-order valence-electron chi connectivity index (χ1n) is 24.2. The van der Waals surface area contributed by atoms with Crippen LogP contribution in [-0.4, -0.2) is 101 Å². The number of aliphatic hydroxyl groups is 1. The maximum Gasteiger partial charge on any atom is 0.407 e. The Kier molecular flexibility index (Phi) is 22.0. The van der Waals surface area contributed by atoms with Gasteiger partial charge < -0.3 is 49.1 Å². The highest BCUT2D eigenvalue weighted by atomic mass is 32.2. The number of methoxy groups -OCH3 is 2. The summed E-state index contributed by atoms with van der Waals surface area (Å²) < 4.78 is 77.8. The van der Waals surface area contributed by atoms with Crippen molar-refractivity contribution in [1.29, 1.82) is 0 Å². The topological polar surface area (TPSA) is 230 Å². The summed E-state index contributed by atoms with van der Waals surface area (Å²) in [6.45, 7) is 11.0. The minimum atomic E-state index is -4.23. The van der Waals surface area contributed by atoms with Crippen LogP contribution in [0.5, 0.6) is 23.0 Å². The number of carbonyl (C=O) groups excluding carboxylic acids is 2. The predicted octanol–water partition coefficient (Wildman–Crippen LogP) is 8.67. The van der Waals surface area contributed by atoms with Crippen molar-refractivity contribution in [1.82, 2.24) is 20.0 Å². The first-order valence-corrected chi connectivity index (χ1v) is 27.1. The van der Waals surface area contributed by atoms with Crippen molar-refractivity contribution in [2.45, 2.75) is 99.7 Å². The van der Waals surface area contributed by atoms with Gasteiger partial charge in [0.2, 0.25) is 0 Å². The largest absolute Gasteiger partial charge is 0.497 e. The van der Waals surface area contributed by atoms with Gasteiger partial charge in [0.1, 0.15) is 40.3 Å². The average Bonchev–Trinajstić information content (AvgIpc) is 4.24. The van der Waals surface area contributed by atoms with Crippen LogP contribution in [0.25, 0.3) is 0 Å². The molecule has 6 aromatic rings. The third-order valence-electron chi connectivity index (χ3n) is 10.6. The van der Waals surface area contributed by atoms with Gasteiger partial charge in [0, 0.05) is 0 Å². The zero-order chi connectivity index (χ0) is 55.4. The van der Waals surface area contributed by atoms with Crippen LogP contribution in [0.2, 0.25) is 0 Å². The third kappa shape index (κ3) is 20.8. The predicted molar refractivity (Wildman–Crippen MR) is 287 cm³/mol. The number of nitrogens with zero attached hydrogens (tertiary/aromatic N) is 1. The molecule has 4 N–H and O–H groups in total. The van der Waals surface area contributed by atoms with E-state index in [4.69, 9.17) is 33.4 Å². The van der Waals surface area contributed by atoms with Crippen molar-refractivity contribution < 1.29 is 64.9 Å². The van der Waals surface area contributed by atoms with Gasteiger partial charge in [-0.15, -0.1) is 0 Å². The molecule has 76 heavy (non-hydrogen) atoms. The Morgan fingerprint density at radius 2 is 1.01 bits per heavy atom. The van der Waals surface area contributed by atoms with Crippen LogP contribution in [0.15, 0.2) is 180 Å². The number of aliphatic hydroxyl groups excluding tert-OH is 1. The van der Waals surface area contributed by atoms with E-state index < -0.39 is 56.0 Å². The summed E-state index contributed by atoms with van der Waals surface area (Å²) >= 11 is 0. The second-order valence-corrected chi connectivity index (χ2v) is 22.5. The van der Waals surface area contributed by atoms with Gasteiger partial charge in [-0.1, -0.05) is 97.1 Å². The second-order valence-electron chi connectivity index (χ2n) is 19.1. The molecule has 6 aromatic carbocycles. The molecular weight excluding hydrogens is 1020 g/mol. The molecule has 1 unspecified atom stereocenters. The number of benzene rings is 6. The van der Waals surface area contributed by atoms with Crippen LogP contribution in [0, 0.1) is 0 Å². The lowest BCUT2D eigenvalue weighted by Gasteiger charge is -2.30. The van der Waals surface area contributed by atoms with Gasteiger partial charge >= 0.3 is 12.2 Å². The summed E-state index contributed by atoms with van der Waals surface area (Å²) in [5.74, 6) is 1.75. The van der Waals surface area contributed by atoms with Gasteiger partial charge in [-0.05, 0) is 148 Å². The second kappa shape index (κ2) is 28.1. The Labute approximate surface area is 446 Å². The Hall–Kier alpha value is -7.20. The third-order valence-corrected chi connectivity index (χ3v) is 13.4. The normalized spacial score (nSPS) is 14.4. The van der Waals surface area contributed by atoms with Gasteiger partial charge in [0.15, 0.2) is 0 Å². The molecular formula is C56H68N4O14S2. The summed E-state index contributed by atoms with van der Waals surface area (Å²) in [4.78, 5) is 37.3. The summed E-state index contributed by atoms with van der Waals surface area (Å²) in [7, 11) is -4.95. The SMILES string of the molecule is CC(C)(C)OC(=O)N[C@@H](Cc1ccccc1)C1CO1.COc1ccc(S(=O)(=O)N(C[C@@H](O)[C@H](Cc2ccccc2)NC(=O)OC(C)(C)C)Oc2ccccc2)cc1.COc1ccc(S(=O)(=O)NOc2ccccc2)cc1. The van der Waals surface area contributed by atoms with E-state index in [0.717, 1.165) is 16.5 Å². The van der Waals surface area contributed by atoms with Gasteiger partial charge in [0.25, 0.3) is 20.0 Å². The lowest BCUT2D eigenvalue weighted by Crippen LogP contribution is -2.52. The van der Waals surface area contributed by atoms with E-state index >= 15 is 0 Å². The Balaban J connectivity index is 0.000000234. The molecule has 0 aromatic heterocycles. The number of ether oxygens (including phenoxy) is 5. The number of alkyl carbamates (subject to hydrolysis) is 2. The maximum absolute atomic E-state index is 13.6. The molecule has 18 nitrogen and oxygen atoms in total. The van der Waals surface area contributed by atoms with E-state index in [-0.39, 0.29) is 40.2 Å². The number of epoxide rings is 1. The number of rotatable bonds is 20. The quantitative estimate of drug-likeness (QED) is 0.0414. The van der Waals surface area contributed by atoms with Crippen molar-refractivity contribution >= 4 is 32.2 Å². The molecule has 0 saturated carbocycles. The van der Waals surface area contributed by atoms with Crippen LogP contribution in [0.1, 0.15) is 52.7 Å². The molecule has 20 heteroatoms. The minimum Gasteiger partial charge on any atom is -0.497 e. The lowest BCUT2D eigenvalue weighted by atomic mass is 10.0. The summed E-state index contributed by atoms with van der Waals surface area (Å²) in [5.41, 5.74) is 0.776. The smallest absolute Gasteiger partial charge is 0.407 e. The highest BCUT2D eigenvalue weighted by Crippen LogP contribution is 2.24. The van der Waals surface area contributed by atoms with Gasteiger partial charge in [-0.25, -0.2) is 26.4 Å². The average molecular weight is 1090 g/mol. The van der Waals surface area contributed by atoms with Crippen molar-refractivity contribution in [2.24, 2.45) is 0 Å². The van der Waals surface area contributed by atoms with Crippen molar-refractivity contribution in [3.63, 3.8) is 0 Å². The van der Waals surface area contributed by atoms with Gasteiger partial charge in [-0.3, -0.25) is 0 Å². The van der Waals surface area contributed by atoms with E-state index in [9.17, 15) is 31.5 Å². The van der Waals surface area contributed by atoms with Crippen LogP contribution in [-0.2, 0) is 47.1 Å². The minimum absolute atomic E-state index is 0.0303. The molecule has 1 fully saturated rings. The van der Waals surface area contributed by atoms with E-state index in [1.165, 1.54) is 56.2 Å². The molecule has 0 aliphatic carbocycles. The van der Waals surface area contributed by atoms with E-state index in [0.29, 0.717) is 23.9 Å². The number of sulfonamides is 2. The fraction of sp³-hybridized carbons (Fsp3) is 0.321. The van der Waals surface area contributed by atoms with Crippen molar-refractivity contribution in [3.05, 3.63) is 181 Å². The van der Waals surface area contributed by atoms with Gasteiger partial charge in [-0.2, -0.15) is 0 Å². The first-order chi connectivity index (χ1) is 36.0. The molecule has 1 aliphatic heterocycles. The monoisotopic (exact) mass is 1080 g/mol. The molecule has 4 atom stereocenters. The van der Waals surface area contributed by atoms with Crippen LogP contribution < -0.4 is 34.7 Å². The Morgan fingerprint density at radius 1 is 0.592 bits per heavy atom. The molecule has 0 bridgehead atoms. The molecule has 0 radical (unpaired) electrons. The van der Waals surface area contributed by atoms with Crippen molar-refractivity contribution in [2.75, 3.05) is 27.4 Å². The number of carbonyl (C=O) groups is 2. The molecule has 7 rings (SSSR count). The highest BCUT2D eigenvalue weighted by molar-refractivity contribution is 7.89. The number of para-hydroxylation sites is 2. The van der Waals surface area contributed by atoms with Crippen LogP contribution in [0.4, 0.5) is 9.59 Å². The standard InChI is InChI=1S/C28H34N2O7S.C15H21NO3.C13H13NO4S/c1-28(2,3)36-27(32)29-25(19-21-11-7-5-8-12-21)26(31)20-30(37-23-13-9-6-10-14-23)38(33,34)24-17-15-22(35-4)16-18-24;1-15(2,3)19-14(17)16-12(13-10-18-13)9-11-7-5-4-6-8-11;1-17-11-7-9-13(10-8-11)19(15,16)14-18-12-5-3-2-4-6-12/h5-18,25-26,31H,19-20H2,1-4H3,(H,29,32);4-8,12-13H,9-10H2,1-3H3,(H,16,17);2-10,14H,1H3/t25-,26+;12-,13?;/m00./s1. The zero-order valence-corrected chi connectivity index (χ0v) is 45.5. The Bertz CT molecular complexity index is 2910. The lowest BCUT2D eigenvalue weighted by molar-refractivity contribution is -0.0165. The fourth-order valence-corrected chi connectivity index (χ4v) is 8.87. The molecule has 2 amide bonds. The molecule has 1 aliphatic rings. The summed E-state index contributed by atoms with van der Waals surface area (Å²) in [6, 6.07) is 47.2. The fourth-order valence-electron chi connectivity index (χ4n) is 6.82. The number of hydrogen-bond donors (Lipinski definition) is 4. The maximum atomic E-state index is 13.6. The molecule has 1 heterocycles. The van der Waals surface area contributed by atoms with Crippen molar-refractivity contribution in [3.8, 4) is 23.0 Å². The van der Waals surface area contributed by atoms with Crippen LogP contribution in [0.3, 0.4) is 0 Å². The van der Waals surface area contributed by atoms with E-state index in [1.807, 2.05) is 87.5 Å². The number of nitrogens with one attached hydrogen (secondary N) is 3.